The van der Waals surface area contributed by atoms with Crippen LogP contribution in [0.15, 0.2) is 59.5 Å². The molecule has 7 heteroatoms. The normalized spacial score (nSPS) is 17.3. The number of para-hydroxylation sites is 1. The molecule has 2 aromatic carbocycles. The van der Waals surface area contributed by atoms with Crippen molar-refractivity contribution < 1.29 is 13.2 Å². The fourth-order valence-electron chi connectivity index (χ4n) is 4.07. The maximum Gasteiger partial charge on any atom is 0.264 e. The zero-order valence-electron chi connectivity index (χ0n) is 18.5. The summed E-state index contributed by atoms with van der Waals surface area (Å²) in [5, 5.41) is 2.95. The molecule has 6 nitrogen and oxygen atoms in total. The lowest BCUT2D eigenvalue weighted by molar-refractivity contribution is 0.0948. The van der Waals surface area contributed by atoms with E-state index < -0.39 is 10.0 Å². The molecule has 168 valence electrons. The topological polar surface area (TPSA) is 69.7 Å². The van der Waals surface area contributed by atoms with E-state index in [9.17, 15) is 13.2 Å². The number of anilines is 1. The molecule has 0 bridgehead atoms. The number of likely N-dealkylation sites (tertiary alicyclic amines) is 1. The van der Waals surface area contributed by atoms with Gasteiger partial charge in [0, 0.05) is 31.2 Å². The summed E-state index contributed by atoms with van der Waals surface area (Å²) in [6.45, 7) is 7.14. The van der Waals surface area contributed by atoms with Crippen LogP contribution >= 0.6 is 0 Å². The first-order valence-electron chi connectivity index (χ1n) is 11.1. The molecule has 1 atom stereocenters. The molecule has 1 aliphatic rings. The van der Waals surface area contributed by atoms with Crippen LogP contribution in [-0.2, 0) is 10.0 Å². The number of rotatable bonds is 9. The van der Waals surface area contributed by atoms with Gasteiger partial charge in [-0.3, -0.25) is 9.10 Å². The quantitative estimate of drug-likeness (QED) is 0.597. The summed E-state index contributed by atoms with van der Waals surface area (Å²) in [7, 11) is -3.69. The third-order valence-electron chi connectivity index (χ3n) is 5.88. The molecule has 0 spiro atoms. The lowest BCUT2D eigenvalue weighted by Gasteiger charge is -2.33. The molecule has 0 radical (unpaired) electrons. The van der Waals surface area contributed by atoms with Crippen LogP contribution < -0.4 is 9.62 Å². The molecule has 1 aliphatic heterocycles. The van der Waals surface area contributed by atoms with Crippen molar-refractivity contribution in [1.82, 2.24) is 10.2 Å². The molecular formula is C24H33N3O3S. The summed E-state index contributed by atoms with van der Waals surface area (Å²) < 4.78 is 27.5. The number of hydrogen-bond acceptors (Lipinski definition) is 4. The summed E-state index contributed by atoms with van der Waals surface area (Å²) in [4.78, 5) is 15.1. The molecule has 1 unspecified atom stereocenters. The van der Waals surface area contributed by atoms with E-state index >= 15 is 0 Å². The zero-order valence-corrected chi connectivity index (χ0v) is 19.3. The third-order valence-corrected chi connectivity index (χ3v) is 7.80. The average Bonchev–Trinajstić information content (AvgIpc) is 2.79. The Labute approximate surface area is 186 Å². The molecule has 31 heavy (non-hydrogen) atoms. The molecular weight excluding hydrogens is 410 g/mol. The summed E-state index contributed by atoms with van der Waals surface area (Å²) in [6, 6.07) is 15.8. The van der Waals surface area contributed by atoms with E-state index in [1.54, 1.807) is 31.2 Å². The lowest BCUT2D eigenvalue weighted by Crippen LogP contribution is -2.39. The minimum absolute atomic E-state index is 0.175. The minimum atomic E-state index is -3.69. The van der Waals surface area contributed by atoms with E-state index in [1.807, 2.05) is 18.2 Å². The van der Waals surface area contributed by atoms with Crippen molar-refractivity contribution in [2.45, 2.75) is 50.5 Å². The lowest BCUT2D eigenvalue weighted by atomic mass is 10.0. The van der Waals surface area contributed by atoms with Crippen molar-refractivity contribution in [3.05, 3.63) is 60.2 Å². The first-order chi connectivity index (χ1) is 14.9. The van der Waals surface area contributed by atoms with Crippen LogP contribution in [0.3, 0.4) is 0 Å². The van der Waals surface area contributed by atoms with Gasteiger partial charge in [0.1, 0.15) is 0 Å². The SMILES string of the molecule is CCN(c1ccccc1)S(=O)(=O)c1ccc(C(=O)NCCCN2CCCCC2C)cc1. The largest absolute Gasteiger partial charge is 0.352 e. The molecule has 1 fully saturated rings. The Balaban J connectivity index is 1.56. The van der Waals surface area contributed by atoms with Crippen molar-refractivity contribution in [1.29, 1.82) is 0 Å². The number of carbonyl (C=O) groups is 1. The first kappa shape index (κ1) is 23.3. The highest BCUT2D eigenvalue weighted by atomic mass is 32.2. The van der Waals surface area contributed by atoms with Gasteiger partial charge in [0.25, 0.3) is 15.9 Å². The maximum absolute atomic E-state index is 13.1. The Bertz CT molecular complexity index is 946. The van der Waals surface area contributed by atoms with Gasteiger partial charge in [-0.05, 0) is 76.1 Å². The molecule has 1 heterocycles. The highest BCUT2D eigenvalue weighted by Gasteiger charge is 2.23. The molecule has 3 rings (SSSR count). The van der Waals surface area contributed by atoms with Gasteiger partial charge in [-0.25, -0.2) is 8.42 Å². The van der Waals surface area contributed by atoms with Crippen LogP contribution in [0.2, 0.25) is 0 Å². The number of carbonyl (C=O) groups excluding carboxylic acids is 1. The summed E-state index contributed by atoms with van der Waals surface area (Å²) >= 11 is 0. The number of benzene rings is 2. The van der Waals surface area contributed by atoms with Gasteiger partial charge in [0.2, 0.25) is 0 Å². The Morgan fingerprint density at radius 1 is 1.10 bits per heavy atom. The van der Waals surface area contributed by atoms with Crippen molar-refractivity contribution in [3.63, 3.8) is 0 Å². The van der Waals surface area contributed by atoms with E-state index in [4.69, 9.17) is 0 Å². The van der Waals surface area contributed by atoms with Crippen LogP contribution in [0.1, 0.15) is 49.9 Å². The highest BCUT2D eigenvalue weighted by Crippen LogP contribution is 2.23. The Morgan fingerprint density at radius 3 is 2.45 bits per heavy atom. The molecule has 1 N–H and O–H groups in total. The summed E-state index contributed by atoms with van der Waals surface area (Å²) in [5.74, 6) is -0.175. The second-order valence-electron chi connectivity index (χ2n) is 8.02. The third kappa shape index (κ3) is 5.86. The first-order valence-corrected chi connectivity index (χ1v) is 12.6. The number of amides is 1. The summed E-state index contributed by atoms with van der Waals surface area (Å²) in [5.41, 5.74) is 1.09. The second-order valence-corrected chi connectivity index (χ2v) is 9.88. The standard InChI is InChI=1S/C24H33N3O3S/c1-3-27(22-11-5-4-6-12-22)31(29,30)23-15-13-21(14-16-23)24(28)25-17-9-19-26-18-8-7-10-20(26)2/h4-6,11-16,20H,3,7-10,17-19H2,1-2H3,(H,25,28). The molecule has 1 saturated heterocycles. The monoisotopic (exact) mass is 443 g/mol. The van der Waals surface area contributed by atoms with Gasteiger partial charge >= 0.3 is 0 Å². The predicted molar refractivity (Wildman–Crippen MR) is 125 cm³/mol. The van der Waals surface area contributed by atoms with Crippen molar-refractivity contribution in [2.24, 2.45) is 0 Å². The van der Waals surface area contributed by atoms with Crippen LogP contribution in [-0.4, -0.2) is 51.4 Å². The van der Waals surface area contributed by atoms with Gasteiger partial charge < -0.3 is 10.2 Å². The van der Waals surface area contributed by atoms with Crippen LogP contribution in [0.25, 0.3) is 0 Å². The predicted octanol–water partition coefficient (Wildman–Crippen LogP) is 3.90. The Morgan fingerprint density at radius 2 is 1.81 bits per heavy atom. The average molecular weight is 444 g/mol. The minimum Gasteiger partial charge on any atom is -0.352 e. The van der Waals surface area contributed by atoms with Crippen LogP contribution in [0.4, 0.5) is 5.69 Å². The smallest absolute Gasteiger partial charge is 0.264 e. The Kier molecular flexibility index (Phi) is 8.09. The number of piperidine rings is 1. The fourth-order valence-corrected chi connectivity index (χ4v) is 5.54. The number of nitrogens with zero attached hydrogens (tertiary/aromatic N) is 2. The van der Waals surface area contributed by atoms with Crippen LogP contribution in [0.5, 0.6) is 0 Å². The van der Waals surface area contributed by atoms with Crippen molar-refractivity contribution >= 4 is 21.6 Å². The van der Waals surface area contributed by atoms with E-state index in [2.05, 4.69) is 17.1 Å². The van der Waals surface area contributed by atoms with Gasteiger partial charge in [-0.2, -0.15) is 0 Å². The molecule has 0 saturated carbocycles. The molecule has 1 amide bonds. The number of sulfonamides is 1. The summed E-state index contributed by atoms with van der Waals surface area (Å²) in [6.07, 6.45) is 4.72. The number of nitrogens with one attached hydrogen (secondary N) is 1. The molecule has 0 aliphatic carbocycles. The fraction of sp³-hybridized carbons (Fsp3) is 0.458. The van der Waals surface area contributed by atoms with Crippen molar-refractivity contribution in [2.75, 3.05) is 30.5 Å². The van der Waals surface area contributed by atoms with Crippen molar-refractivity contribution in [3.8, 4) is 0 Å². The zero-order chi connectivity index (χ0) is 22.3. The Hall–Kier alpha value is -2.38. The number of hydrogen-bond donors (Lipinski definition) is 1. The second kappa shape index (κ2) is 10.8. The van der Waals surface area contributed by atoms with E-state index in [-0.39, 0.29) is 10.8 Å². The van der Waals surface area contributed by atoms with Crippen LogP contribution in [0, 0.1) is 0 Å². The van der Waals surface area contributed by atoms with E-state index in [0.29, 0.717) is 30.4 Å². The van der Waals surface area contributed by atoms with Gasteiger partial charge in [-0.15, -0.1) is 0 Å². The molecule has 2 aromatic rings. The van der Waals surface area contributed by atoms with Gasteiger partial charge in [-0.1, -0.05) is 24.6 Å². The maximum atomic E-state index is 13.1. The highest BCUT2D eigenvalue weighted by molar-refractivity contribution is 7.92. The van der Waals surface area contributed by atoms with Gasteiger partial charge in [0.15, 0.2) is 0 Å². The van der Waals surface area contributed by atoms with E-state index in [0.717, 1.165) is 19.5 Å². The van der Waals surface area contributed by atoms with E-state index in [1.165, 1.54) is 35.7 Å². The van der Waals surface area contributed by atoms with Gasteiger partial charge in [0.05, 0.1) is 10.6 Å². The molecule has 0 aromatic heterocycles.